The molecule has 0 radical (unpaired) electrons. The smallest absolute Gasteiger partial charge is 0.230 e. The molecule has 3 N–H and O–H groups in total. The van der Waals surface area contributed by atoms with Crippen molar-refractivity contribution in [1.29, 1.82) is 0 Å². The van der Waals surface area contributed by atoms with Gasteiger partial charge in [-0.2, -0.15) is 0 Å². The van der Waals surface area contributed by atoms with E-state index in [9.17, 15) is 9.59 Å². The largest absolute Gasteiger partial charge is 0.357 e. The summed E-state index contributed by atoms with van der Waals surface area (Å²) >= 11 is 0. The zero-order valence-corrected chi connectivity index (χ0v) is 17.4. The normalized spacial score (nSPS) is 16.9. The SMILES string of the molecule is CCNC(=O)C(C)(C)CN=C(NCC)NCC1(C(=O)N(C)C)CCCC1. The van der Waals surface area contributed by atoms with Crippen molar-refractivity contribution in [2.45, 2.75) is 53.4 Å². The highest BCUT2D eigenvalue weighted by molar-refractivity contribution is 5.86. The highest BCUT2D eigenvalue weighted by Crippen LogP contribution is 2.38. The number of guanidine groups is 1. The second-order valence-corrected chi connectivity index (χ2v) is 7.98. The minimum atomic E-state index is -0.580. The quantitative estimate of drug-likeness (QED) is 0.447. The third kappa shape index (κ3) is 5.88. The highest BCUT2D eigenvalue weighted by atomic mass is 16.2. The molecule has 1 rings (SSSR count). The van der Waals surface area contributed by atoms with E-state index < -0.39 is 5.41 Å². The summed E-state index contributed by atoms with van der Waals surface area (Å²) in [7, 11) is 3.63. The zero-order valence-electron chi connectivity index (χ0n) is 17.4. The van der Waals surface area contributed by atoms with E-state index in [0.29, 0.717) is 25.6 Å². The summed E-state index contributed by atoms with van der Waals surface area (Å²) < 4.78 is 0. The molecule has 0 atom stereocenters. The molecule has 0 aliphatic heterocycles. The summed E-state index contributed by atoms with van der Waals surface area (Å²) in [4.78, 5) is 31.1. The molecule has 1 saturated carbocycles. The Morgan fingerprint density at radius 1 is 1.04 bits per heavy atom. The molecule has 7 heteroatoms. The van der Waals surface area contributed by atoms with Gasteiger partial charge in [-0.1, -0.05) is 12.8 Å². The number of carbonyl (C=O) groups is 2. The maximum Gasteiger partial charge on any atom is 0.230 e. The Morgan fingerprint density at radius 3 is 2.12 bits per heavy atom. The molecule has 0 saturated heterocycles. The number of hydrogen-bond donors (Lipinski definition) is 3. The second kappa shape index (κ2) is 9.78. The van der Waals surface area contributed by atoms with Gasteiger partial charge in [0.25, 0.3) is 0 Å². The standard InChI is InChI=1S/C19H37N5O2/c1-7-20-15(25)18(3,4)13-22-17(21-8-2)23-14-19(11-9-10-12-19)16(26)24(5)6/h7-14H2,1-6H3,(H,20,25)(H2,21,22,23). The van der Waals surface area contributed by atoms with Crippen LogP contribution in [0.1, 0.15) is 53.4 Å². The Labute approximate surface area is 158 Å². The van der Waals surface area contributed by atoms with Crippen molar-refractivity contribution in [2.75, 3.05) is 40.3 Å². The van der Waals surface area contributed by atoms with E-state index in [2.05, 4.69) is 20.9 Å². The predicted octanol–water partition coefficient (Wildman–Crippen LogP) is 1.35. The first-order valence-electron chi connectivity index (χ1n) is 9.71. The van der Waals surface area contributed by atoms with Gasteiger partial charge in [-0.05, 0) is 40.5 Å². The Bertz CT molecular complexity index is 508. The van der Waals surface area contributed by atoms with Crippen LogP contribution in [-0.2, 0) is 9.59 Å². The molecule has 0 unspecified atom stereocenters. The Hall–Kier alpha value is -1.79. The molecule has 0 aromatic rings. The van der Waals surface area contributed by atoms with Crippen LogP contribution < -0.4 is 16.0 Å². The molecule has 0 heterocycles. The maximum atomic E-state index is 12.7. The molecule has 1 aliphatic carbocycles. The van der Waals surface area contributed by atoms with Crippen molar-refractivity contribution < 1.29 is 9.59 Å². The Balaban J connectivity index is 2.80. The number of nitrogens with zero attached hydrogens (tertiary/aromatic N) is 2. The van der Waals surface area contributed by atoms with Crippen LogP contribution in [0.5, 0.6) is 0 Å². The van der Waals surface area contributed by atoms with Gasteiger partial charge in [0.05, 0.1) is 17.4 Å². The number of amides is 2. The number of carbonyl (C=O) groups excluding carboxylic acids is 2. The van der Waals surface area contributed by atoms with Gasteiger partial charge >= 0.3 is 0 Å². The molecule has 0 spiro atoms. The molecule has 26 heavy (non-hydrogen) atoms. The van der Waals surface area contributed by atoms with Crippen LogP contribution in [-0.4, -0.2) is 62.9 Å². The summed E-state index contributed by atoms with van der Waals surface area (Å²) in [5, 5.41) is 9.41. The molecule has 150 valence electrons. The van der Waals surface area contributed by atoms with Gasteiger partial charge in [0.2, 0.25) is 11.8 Å². The Kier molecular flexibility index (Phi) is 8.37. The number of nitrogens with one attached hydrogen (secondary N) is 3. The van der Waals surface area contributed by atoms with E-state index in [1.54, 1.807) is 4.90 Å². The third-order valence-electron chi connectivity index (χ3n) is 4.94. The van der Waals surface area contributed by atoms with Crippen LogP contribution in [0.25, 0.3) is 0 Å². The molecule has 1 aliphatic rings. The monoisotopic (exact) mass is 367 g/mol. The number of aliphatic imine (C=N–C) groups is 1. The maximum absolute atomic E-state index is 12.7. The summed E-state index contributed by atoms with van der Waals surface area (Å²) in [5.74, 6) is 0.832. The topological polar surface area (TPSA) is 85.8 Å². The molecule has 0 aromatic carbocycles. The van der Waals surface area contributed by atoms with Gasteiger partial charge in [0.15, 0.2) is 5.96 Å². The van der Waals surface area contributed by atoms with Gasteiger partial charge in [-0.3, -0.25) is 14.6 Å². The fourth-order valence-corrected chi connectivity index (χ4v) is 3.34. The fourth-order valence-electron chi connectivity index (χ4n) is 3.34. The van der Waals surface area contributed by atoms with E-state index in [1.165, 1.54) is 0 Å². The van der Waals surface area contributed by atoms with E-state index in [4.69, 9.17) is 0 Å². The van der Waals surface area contributed by atoms with Gasteiger partial charge in [0, 0.05) is 33.7 Å². The van der Waals surface area contributed by atoms with Gasteiger partial charge < -0.3 is 20.9 Å². The molecule has 7 nitrogen and oxygen atoms in total. The van der Waals surface area contributed by atoms with E-state index in [1.807, 2.05) is 41.8 Å². The Morgan fingerprint density at radius 2 is 1.62 bits per heavy atom. The summed E-state index contributed by atoms with van der Waals surface area (Å²) in [6.45, 7) is 9.97. The van der Waals surface area contributed by atoms with Crippen molar-refractivity contribution in [3.05, 3.63) is 0 Å². The van der Waals surface area contributed by atoms with Crippen molar-refractivity contribution in [3.63, 3.8) is 0 Å². The van der Waals surface area contributed by atoms with Gasteiger partial charge in [-0.25, -0.2) is 0 Å². The van der Waals surface area contributed by atoms with Crippen LogP contribution in [0, 0.1) is 10.8 Å². The highest BCUT2D eigenvalue weighted by Gasteiger charge is 2.42. The number of rotatable bonds is 8. The first kappa shape index (κ1) is 22.3. The summed E-state index contributed by atoms with van der Waals surface area (Å²) in [6, 6.07) is 0. The molecular weight excluding hydrogens is 330 g/mol. The zero-order chi connectivity index (χ0) is 19.8. The second-order valence-electron chi connectivity index (χ2n) is 7.98. The lowest BCUT2D eigenvalue weighted by molar-refractivity contribution is -0.138. The lowest BCUT2D eigenvalue weighted by atomic mass is 9.84. The first-order valence-corrected chi connectivity index (χ1v) is 9.71. The molecular formula is C19H37N5O2. The fraction of sp³-hybridized carbons (Fsp3) is 0.842. The molecule has 0 bridgehead atoms. The lowest BCUT2D eigenvalue weighted by Gasteiger charge is -2.31. The van der Waals surface area contributed by atoms with Gasteiger partial charge in [-0.15, -0.1) is 0 Å². The molecule has 1 fully saturated rings. The minimum absolute atomic E-state index is 0.00496. The van der Waals surface area contributed by atoms with Crippen LogP contribution >= 0.6 is 0 Å². The van der Waals surface area contributed by atoms with Crippen molar-refractivity contribution >= 4 is 17.8 Å². The summed E-state index contributed by atoms with van der Waals surface area (Å²) in [6.07, 6.45) is 3.97. The van der Waals surface area contributed by atoms with E-state index >= 15 is 0 Å². The molecule has 2 amide bonds. The van der Waals surface area contributed by atoms with Crippen LogP contribution in [0.15, 0.2) is 4.99 Å². The van der Waals surface area contributed by atoms with E-state index in [0.717, 1.165) is 32.2 Å². The van der Waals surface area contributed by atoms with Crippen molar-refractivity contribution in [1.82, 2.24) is 20.9 Å². The molecule has 0 aromatic heterocycles. The van der Waals surface area contributed by atoms with Crippen LogP contribution in [0.3, 0.4) is 0 Å². The predicted molar refractivity (Wildman–Crippen MR) is 106 cm³/mol. The average molecular weight is 368 g/mol. The first-order chi connectivity index (χ1) is 12.2. The summed E-state index contributed by atoms with van der Waals surface area (Å²) in [5.41, 5.74) is -0.933. The van der Waals surface area contributed by atoms with Crippen LogP contribution in [0.2, 0.25) is 0 Å². The van der Waals surface area contributed by atoms with Crippen LogP contribution in [0.4, 0.5) is 0 Å². The average Bonchev–Trinajstić information content (AvgIpc) is 3.06. The van der Waals surface area contributed by atoms with Crippen molar-refractivity contribution in [2.24, 2.45) is 15.8 Å². The van der Waals surface area contributed by atoms with E-state index in [-0.39, 0.29) is 17.2 Å². The lowest BCUT2D eigenvalue weighted by Crippen LogP contribution is -2.49. The van der Waals surface area contributed by atoms with Gasteiger partial charge in [0.1, 0.15) is 0 Å². The van der Waals surface area contributed by atoms with Crippen molar-refractivity contribution in [3.8, 4) is 0 Å². The number of hydrogen-bond acceptors (Lipinski definition) is 3. The minimum Gasteiger partial charge on any atom is -0.357 e. The third-order valence-corrected chi connectivity index (χ3v) is 4.94.